The van der Waals surface area contributed by atoms with Crippen molar-refractivity contribution in [2.75, 3.05) is 25.1 Å². The highest BCUT2D eigenvalue weighted by molar-refractivity contribution is 5.79. The van der Waals surface area contributed by atoms with Crippen LogP contribution >= 0.6 is 0 Å². The molecule has 0 atom stereocenters. The second kappa shape index (κ2) is 5.53. The highest BCUT2D eigenvalue weighted by atomic mass is 16.5. The summed E-state index contributed by atoms with van der Waals surface area (Å²) in [6, 6.07) is 6.52. The lowest BCUT2D eigenvalue weighted by atomic mass is 10.1. The van der Waals surface area contributed by atoms with Gasteiger partial charge >= 0.3 is 0 Å². The maximum atomic E-state index is 5.75. The fourth-order valence-electron chi connectivity index (χ4n) is 2.97. The van der Waals surface area contributed by atoms with E-state index in [2.05, 4.69) is 33.1 Å². The summed E-state index contributed by atoms with van der Waals surface area (Å²) < 4.78 is 7.95. The first kappa shape index (κ1) is 12.9. The van der Waals surface area contributed by atoms with Gasteiger partial charge < -0.3 is 14.6 Å². The Bertz CT molecular complexity index is 631. The zero-order chi connectivity index (χ0) is 14.1. The average molecular weight is 283 g/mol. The number of rotatable bonds is 6. The predicted octanol–water partition coefficient (Wildman–Crippen LogP) is 2.94. The molecule has 2 aliphatic rings. The topological polar surface area (TPSA) is 39.1 Å². The number of anilines is 1. The van der Waals surface area contributed by atoms with E-state index in [-0.39, 0.29) is 0 Å². The van der Waals surface area contributed by atoms with Crippen LogP contribution in [0.15, 0.2) is 30.7 Å². The molecular weight excluding hydrogens is 262 g/mol. The van der Waals surface area contributed by atoms with Crippen LogP contribution in [0.1, 0.15) is 18.4 Å². The molecule has 4 rings (SSSR count). The first-order valence-corrected chi connectivity index (χ1v) is 7.86. The third kappa shape index (κ3) is 2.68. The lowest BCUT2D eigenvalue weighted by molar-refractivity contribution is 0.117. The third-order valence-electron chi connectivity index (χ3n) is 4.36. The Labute approximate surface area is 125 Å². The molecule has 0 amide bonds. The van der Waals surface area contributed by atoms with E-state index in [1.165, 1.54) is 35.3 Å². The molecule has 0 saturated heterocycles. The molecule has 0 bridgehead atoms. The molecule has 0 radical (unpaired) electrons. The summed E-state index contributed by atoms with van der Waals surface area (Å²) in [5.41, 5.74) is 5.12. The van der Waals surface area contributed by atoms with Gasteiger partial charge in [-0.05, 0) is 30.7 Å². The van der Waals surface area contributed by atoms with Crippen LogP contribution in [0.2, 0.25) is 0 Å². The molecule has 1 fully saturated rings. The van der Waals surface area contributed by atoms with Crippen molar-refractivity contribution in [3.63, 3.8) is 0 Å². The van der Waals surface area contributed by atoms with Gasteiger partial charge in [-0.1, -0.05) is 18.2 Å². The molecule has 2 aromatic rings. The van der Waals surface area contributed by atoms with Gasteiger partial charge in [0.1, 0.15) is 0 Å². The lowest BCUT2D eigenvalue weighted by Gasteiger charge is -2.12. The Kier molecular flexibility index (Phi) is 3.39. The van der Waals surface area contributed by atoms with Gasteiger partial charge in [0.05, 0.1) is 24.8 Å². The van der Waals surface area contributed by atoms with Crippen molar-refractivity contribution in [3.05, 3.63) is 36.3 Å². The number of ether oxygens (including phenoxy) is 1. The molecule has 0 unspecified atom stereocenters. The molecule has 110 valence electrons. The first-order valence-electron chi connectivity index (χ1n) is 7.86. The van der Waals surface area contributed by atoms with E-state index in [0.29, 0.717) is 0 Å². The van der Waals surface area contributed by atoms with Gasteiger partial charge in [0.15, 0.2) is 0 Å². The minimum absolute atomic E-state index is 0.766. The smallest absolute Gasteiger partial charge is 0.0951 e. The van der Waals surface area contributed by atoms with Crippen molar-refractivity contribution in [1.82, 2.24) is 9.55 Å². The number of hydrogen-bond donors (Lipinski definition) is 1. The van der Waals surface area contributed by atoms with Crippen molar-refractivity contribution >= 4 is 5.69 Å². The van der Waals surface area contributed by atoms with Gasteiger partial charge in [-0.2, -0.15) is 0 Å². The number of hydrogen-bond acceptors (Lipinski definition) is 3. The fraction of sp³-hybridized carbons (Fsp3) is 0.471. The molecule has 1 aliphatic heterocycles. The van der Waals surface area contributed by atoms with E-state index in [1.54, 1.807) is 0 Å². The second-order valence-electron chi connectivity index (χ2n) is 6.01. The fourth-order valence-corrected chi connectivity index (χ4v) is 2.97. The summed E-state index contributed by atoms with van der Waals surface area (Å²) >= 11 is 0. The van der Waals surface area contributed by atoms with Crippen LogP contribution < -0.4 is 5.32 Å². The van der Waals surface area contributed by atoms with E-state index < -0.39 is 0 Å². The summed E-state index contributed by atoms with van der Waals surface area (Å²) in [5, 5.41) is 3.50. The molecule has 1 aromatic heterocycles. The Morgan fingerprint density at radius 2 is 2.29 bits per heavy atom. The zero-order valence-corrected chi connectivity index (χ0v) is 12.2. The molecule has 0 spiro atoms. The number of nitrogens with zero attached hydrogens (tertiary/aromatic N) is 2. The van der Waals surface area contributed by atoms with Crippen LogP contribution in [-0.2, 0) is 17.7 Å². The molecule has 1 aromatic carbocycles. The van der Waals surface area contributed by atoms with E-state index in [9.17, 15) is 0 Å². The molecule has 2 heterocycles. The van der Waals surface area contributed by atoms with E-state index >= 15 is 0 Å². The molecule has 1 N–H and O–H groups in total. The minimum Gasteiger partial charge on any atom is -0.384 e. The van der Waals surface area contributed by atoms with Gasteiger partial charge in [0.2, 0.25) is 0 Å². The first-order chi connectivity index (χ1) is 10.4. The molecule has 4 heteroatoms. The van der Waals surface area contributed by atoms with Crippen molar-refractivity contribution < 1.29 is 4.74 Å². The van der Waals surface area contributed by atoms with E-state index in [1.807, 2.05) is 12.5 Å². The number of para-hydroxylation sites is 1. The van der Waals surface area contributed by atoms with Gasteiger partial charge in [0, 0.05) is 30.9 Å². The van der Waals surface area contributed by atoms with Crippen LogP contribution in [0.25, 0.3) is 11.3 Å². The maximum absolute atomic E-state index is 5.75. The quantitative estimate of drug-likeness (QED) is 0.828. The highest BCUT2D eigenvalue weighted by Crippen LogP contribution is 2.34. The molecule has 1 aliphatic carbocycles. The number of benzene rings is 1. The van der Waals surface area contributed by atoms with Crippen LogP contribution in [0, 0.1) is 5.92 Å². The van der Waals surface area contributed by atoms with Crippen LogP contribution in [0.4, 0.5) is 5.69 Å². The number of nitrogens with one attached hydrogen (secondary N) is 1. The van der Waals surface area contributed by atoms with E-state index in [4.69, 9.17) is 4.74 Å². The standard InChI is InChI=1S/C17H21N3O/c1-2-14-6-7-19-17(14)15(3-1)16-10-18-12-20(16)8-9-21-11-13-4-5-13/h1-3,10,12-13,19H,4-9,11H2. The van der Waals surface area contributed by atoms with Crippen LogP contribution in [0.3, 0.4) is 0 Å². The van der Waals surface area contributed by atoms with Crippen LogP contribution in [0.5, 0.6) is 0 Å². The van der Waals surface area contributed by atoms with Crippen molar-refractivity contribution in [2.45, 2.75) is 25.8 Å². The maximum Gasteiger partial charge on any atom is 0.0951 e. The third-order valence-corrected chi connectivity index (χ3v) is 4.36. The Morgan fingerprint density at radius 1 is 1.33 bits per heavy atom. The lowest BCUT2D eigenvalue weighted by Crippen LogP contribution is -2.08. The Hall–Kier alpha value is -1.81. The Balaban J connectivity index is 1.50. The summed E-state index contributed by atoms with van der Waals surface area (Å²) in [4.78, 5) is 4.33. The zero-order valence-electron chi connectivity index (χ0n) is 12.2. The highest BCUT2D eigenvalue weighted by Gasteiger charge is 2.21. The summed E-state index contributed by atoms with van der Waals surface area (Å²) in [7, 11) is 0. The summed E-state index contributed by atoms with van der Waals surface area (Å²) in [5.74, 6) is 0.828. The molecule has 1 saturated carbocycles. The molecule has 21 heavy (non-hydrogen) atoms. The Morgan fingerprint density at radius 3 is 3.19 bits per heavy atom. The predicted molar refractivity (Wildman–Crippen MR) is 83.4 cm³/mol. The number of fused-ring (bicyclic) bond motifs is 1. The van der Waals surface area contributed by atoms with Gasteiger partial charge in [0.25, 0.3) is 0 Å². The van der Waals surface area contributed by atoms with Crippen molar-refractivity contribution in [3.8, 4) is 11.3 Å². The minimum atomic E-state index is 0.766. The molecular formula is C17H21N3O. The van der Waals surface area contributed by atoms with Crippen molar-refractivity contribution in [2.24, 2.45) is 5.92 Å². The number of aromatic nitrogens is 2. The van der Waals surface area contributed by atoms with Crippen molar-refractivity contribution in [1.29, 1.82) is 0 Å². The van der Waals surface area contributed by atoms with Gasteiger partial charge in [-0.3, -0.25) is 0 Å². The second-order valence-corrected chi connectivity index (χ2v) is 6.01. The number of imidazole rings is 1. The summed E-state index contributed by atoms with van der Waals surface area (Å²) in [6.07, 6.45) is 7.67. The summed E-state index contributed by atoms with van der Waals surface area (Å²) in [6.45, 7) is 3.59. The van der Waals surface area contributed by atoms with Gasteiger partial charge in [-0.25, -0.2) is 4.98 Å². The molecule has 4 nitrogen and oxygen atoms in total. The monoisotopic (exact) mass is 283 g/mol. The van der Waals surface area contributed by atoms with Gasteiger partial charge in [-0.15, -0.1) is 0 Å². The normalized spacial score (nSPS) is 16.8. The van der Waals surface area contributed by atoms with E-state index in [0.717, 1.165) is 38.6 Å². The average Bonchev–Trinajstić information content (AvgIpc) is 3.02. The SMILES string of the molecule is c1cc2c(c(-c3cncn3CCOCC3CC3)c1)NCC2. The largest absolute Gasteiger partial charge is 0.384 e. The van der Waals surface area contributed by atoms with Crippen LogP contribution in [-0.4, -0.2) is 29.3 Å².